The highest BCUT2D eigenvalue weighted by Gasteiger charge is 2.12. The van der Waals surface area contributed by atoms with Gasteiger partial charge in [-0.2, -0.15) is 0 Å². The van der Waals surface area contributed by atoms with Crippen LogP contribution in [-0.4, -0.2) is 31.2 Å². The molecular formula is C16H20N2O2. The lowest BCUT2D eigenvalue weighted by atomic mass is 10.1. The van der Waals surface area contributed by atoms with Gasteiger partial charge in [-0.15, -0.1) is 0 Å². The number of anilines is 1. The van der Waals surface area contributed by atoms with Gasteiger partial charge in [0.1, 0.15) is 0 Å². The average Bonchev–Trinajstić information content (AvgIpc) is 2.48. The summed E-state index contributed by atoms with van der Waals surface area (Å²) in [5, 5.41) is 1.12. The summed E-state index contributed by atoms with van der Waals surface area (Å²) in [5.41, 5.74) is 2.78. The third-order valence-electron chi connectivity index (χ3n) is 3.40. The van der Waals surface area contributed by atoms with Gasteiger partial charge in [-0.3, -0.25) is 9.78 Å². The Kier molecular flexibility index (Phi) is 4.56. The summed E-state index contributed by atoms with van der Waals surface area (Å²) >= 11 is 0. The van der Waals surface area contributed by atoms with Crippen molar-refractivity contribution >= 4 is 22.6 Å². The van der Waals surface area contributed by atoms with Gasteiger partial charge in [0, 0.05) is 24.2 Å². The molecule has 0 fully saturated rings. The van der Waals surface area contributed by atoms with Crippen LogP contribution in [0.2, 0.25) is 0 Å². The molecule has 4 heteroatoms. The van der Waals surface area contributed by atoms with Crippen molar-refractivity contribution < 1.29 is 9.53 Å². The van der Waals surface area contributed by atoms with E-state index in [-0.39, 0.29) is 12.4 Å². The average molecular weight is 272 g/mol. The second-order valence-electron chi connectivity index (χ2n) is 4.58. The second-order valence-corrected chi connectivity index (χ2v) is 4.58. The zero-order chi connectivity index (χ0) is 14.5. The van der Waals surface area contributed by atoms with Gasteiger partial charge in [0.05, 0.1) is 24.7 Å². The largest absolute Gasteiger partial charge is 0.469 e. The van der Waals surface area contributed by atoms with Crippen LogP contribution in [-0.2, 0) is 16.0 Å². The number of para-hydroxylation sites is 1. The molecule has 0 unspecified atom stereocenters. The lowest BCUT2D eigenvalue weighted by molar-refractivity contribution is -0.139. The first-order valence-electron chi connectivity index (χ1n) is 6.90. The highest BCUT2D eigenvalue weighted by molar-refractivity contribution is 5.92. The SMILES string of the molecule is CCN(CC)c1cc(CC(=O)OC)nc2ccccc12. The fourth-order valence-corrected chi connectivity index (χ4v) is 2.35. The van der Waals surface area contributed by atoms with E-state index in [0.717, 1.165) is 35.4 Å². The van der Waals surface area contributed by atoms with Crippen LogP contribution in [0.25, 0.3) is 10.9 Å². The van der Waals surface area contributed by atoms with Gasteiger partial charge in [0.2, 0.25) is 0 Å². The van der Waals surface area contributed by atoms with E-state index in [4.69, 9.17) is 4.74 Å². The Morgan fingerprint density at radius 2 is 1.95 bits per heavy atom. The van der Waals surface area contributed by atoms with Gasteiger partial charge < -0.3 is 9.64 Å². The number of benzene rings is 1. The van der Waals surface area contributed by atoms with Gasteiger partial charge in [0.25, 0.3) is 0 Å². The first kappa shape index (κ1) is 14.3. The molecule has 0 aliphatic heterocycles. The predicted molar refractivity (Wildman–Crippen MR) is 81.0 cm³/mol. The number of pyridine rings is 1. The van der Waals surface area contributed by atoms with Crippen molar-refractivity contribution in [2.24, 2.45) is 0 Å². The van der Waals surface area contributed by atoms with Crippen LogP contribution in [0.4, 0.5) is 5.69 Å². The molecule has 1 aromatic carbocycles. The Morgan fingerprint density at radius 1 is 1.25 bits per heavy atom. The maximum atomic E-state index is 11.5. The van der Waals surface area contributed by atoms with Crippen molar-refractivity contribution in [3.63, 3.8) is 0 Å². The molecule has 1 aromatic heterocycles. The van der Waals surface area contributed by atoms with E-state index in [2.05, 4.69) is 29.8 Å². The van der Waals surface area contributed by atoms with E-state index in [1.807, 2.05) is 24.3 Å². The van der Waals surface area contributed by atoms with E-state index in [1.165, 1.54) is 7.11 Å². The van der Waals surface area contributed by atoms with Crippen molar-refractivity contribution in [3.8, 4) is 0 Å². The first-order chi connectivity index (χ1) is 9.69. The summed E-state index contributed by atoms with van der Waals surface area (Å²) in [6.07, 6.45) is 0.204. The number of carbonyl (C=O) groups is 1. The molecule has 0 N–H and O–H groups in total. The Hall–Kier alpha value is -2.10. The van der Waals surface area contributed by atoms with Crippen molar-refractivity contribution in [2.75, 3.05) is 25.1 Å². The van der Waals surface area contributed by atoms with E-state index >= 15 is 0 Å². The molecule has 0 saturated carbocycles. The van der Waals surface area contributed by atoms with E-state index in [9.17, 15) is 4.79 Å². The number of hydrogen-bond donors (Lipinski definition) is 0. The molecule has 0 saturated heterocycles. The molecule has 2 rings (SSSR count). The number of hydrogen-bond acceptors (Lipinski definition) is 4. The molecule has 4 nitrogen and oxygen atoms in total. The fraction of sp³-hybridized carbons (Fsp3) is 0.375. The normalized spacial score (nSPS) is 10.6. The van der Waals surface area contributed by atoms with Gasteiger partial charge in [0.15, 0.2) is 0 Å². The van der Waals surface area contributed by atoms with E-state index in [0.29, 0.717) is 0 Å². The van der Waals surface area contributed by atoms with E-state index < -0.39 is 0 Å². The van der Waals surface area contributed by atoms with Crippen LogP contribution in [0.5, 0.6) is 0 Å². The number of carbonyl (C=O) groups excluding carboxylic acids is 1. The number of esters is 1. The molecule has 106 valence electrons. The van der Waals surface area contributed by atoms with Gasteiger partial charge in [-0.05, 0) is 26.0 Å². The van der Waals surface area contributed by atoms with Crippen LogP contribution in [0.1, 0.15) is 19.5 Å². The van der Waals surface area contributed by atoms with Crippen LogP contribution < -0.4 is 4.90 Å². The maximum absolute atomic E-state index is 11.5. The second kappa shape index (κ2) is 6.37. The smallest absolute Gasteiger partial charge is 0.311 e. The summed E-state index contributed by atoms with van der Waals surface area (Å²) in [6, 6.07) is 10.0. The van der Waals surface area contributed by atoms with Crippen LogP contribution >= 0.6 is 0 Å². The molecule has 1 heterocycles. The van der Waals surface area contributed by atoms with Crippen molar-refractivity contribution in [1.82, 2.24) is 4.98 Å². The summed E-state index contributed by atoms with van der Waals surface area (Å²) in [4.78, 5) is 18.3. The minimum atomic E-state index is -0.265. The monoisotopic (exact) mass is 272 g/mol. The van der Waals surface area contributed by atoms with E-state index in [1.54, 1.807) is 0 Å². The zero-order valence-corrected chi connectivity index (χ0v) is 12.2. The minimum Gasteiger partial charge on any atom is -0.469 e. The third kappa shape index (κ3) is 2.90. The molecular weight excluding hydrogens is 252 g/mol. The number of nitrogens with zero attached hydrogens (tertiary/aromatic N) is 2. The standard InChI is InChI=1S/C16H20N2O2/c1-4-18(5-2)15-10-12(11-16(19)20-3)17-14-9-7-6-8-13(14)15/h6-10H,4-5,11H2,1-3H3. The van der Waals surface area contributed by atoms with Gasteiger partial charge in [-0.1, -0.05) is 18.2 Å². The molecule has 0 aliphatic carbocycles. The predicted octanol–water partition coefficient (Wildman–Crippen LogP) is 2.80. The molecule has 0 spiro atoms. The summed E-state index contributed by atoms with van der Waals surface area (Å²) in [7, 11) is 1.40. The topological polar surface area (TPSA) is 42.4 Å². The number of aromatic nitrogens is 1. The highest BCUT2D eigenvalue weighted by atomic mass is 16.5. The minimum absolute atomic E-state index is 0.204. The molecule has 0 amide bonds. The summed E-state index contributed by atoms with van der Waals surface area (Å²) in [6.45, 7) is 6.09. The lowest BCUT2D eigenvalue weighted by Gasteiger charge is -2.23. The number of rotatable bonds is 5. The highest BCUT2D eigenvalue weighted by Crippen LogP contribution is 2.26. The van der Waals surface area contributed by atoms with Crippen molar-refractivity contribution in [1.29, 1.82) is 0 Å². The summed E-state index contributed by atoms with van der Waals surface area (Å²) < 4.78 is 4.73. The van der Waals surface area contributed by atoms with Crippen molar-refractivity contribution in [2.45, 2.75) is 20.3 Å². The van der Waals surface area contributed by atoms with Crippen LogP contribution in [0, 0.1) is 0 Å². The molecule has 0 aliphatic rings. The zero-order valence-electron chi connectivity index (χ0n) is 12.2. The molecule has 0 bridgehead atoms. The Morgan fingerprint density at radius 3 is 2.60 bits per heavy atom. The number of ether oxygens (including phenoxy) is 1. The van der Waals surface area contributed by atoms with Crippen molar-refractivity contribution in [3.05, 3.63) is 36.0 Å². The Balaban J connectivity index is 2.54. The maximum Gasteiger partial charge on any atom is 0.311 e. The Labute approximate surface area is 119 Å². The van der Waals surface area contributed by atoms with Gasteiger partial charge >= 0.3 is 5.97 Å². The number of fused-ring (bicyclic) bond motifs is 1. The Bertz CT molecular complexity index is 606. The van der Waals surface area contributed by atoms with Crippen LogP contribution in [0.3, 0.4) is 0 Å². The van der Waals surface area contributed by atoms with Crippen LogP contribution in [0.15, 0.2) is 30.3 Å². The van der Waals surface area contributed by atoms with Gasteiger partial charge in [-0.25, -0.2) is 0 Å². The first-order valence-corrected chi connectivity index (χ1v) is 6.90. The molecule has 0 radical (unpaired) electrons. The fourth-order valence-electron chi connectivity index (χ4n) is 2.35. The summed E-state index contributed by atoms with van der Waals surface area (Å²) in [5.74, 6) is -0.265. The quantitative estimate of drug-likeness (QED) is 0.785. The third-order valence-corrected chi connectivity index (χ3v) is 3.40. The lowest BCUT2D eigenvalue weighted by Crippen LogP contribution is -2.22. The number of methoxy groups -OCH3 is 1. The molecule has 20 heavy (non-hydrogen) atoms. The molecule has 2 aromatic rings. The molecule has 0 atom stereocenters.